The summed E-state index contributed by atoms with van der Waals surface area (Å²) < 4.78 is 22.0. The van der Waals surface area contributed by atoms with Crippen molar-refractivity contribution < 1.29 is 8.42 Å². The molecule has 108 valence electrons. The zero-order valence-electron chi connectivity index (χ0n) is 11.1. The van der Waals surface area contributed by atoms with Crippen LogP contribution in [0.5, 0.6) is 0 Å². The molecule has 6 nitrogen and oxygen atoms in total. The maximum atomic E-state index is 11.0. The van der Waals surface area contributed by atoms with Gasteiger partial charge in [-0.2, -0.15) is 4.98 Å². The van der Waals surface area contributed by atoms with Gasteiger partial charge in [0.25, 0.3) is 0 Å². The van der Waals surface area contributed by atoms with E-state index >= 15 is 0 Å². The van der Waals surface area contributed by atoms with E-state index in [0.717, 1.165) is 13.0 Å². The first-order valence-electron chi connectivity index (χ1n) is 6.10. The Morgan fingerprint density at radius 1 is 1.32 bits per heavy atom. The topological polar surface area (TPSA) is 84.0 Å². The van der Waals surface area contributed by atoms with Crippen LogP contribution >= 0.6 is 11.6 Å². The summed E-state index contributed by atoms with van der Waals surface area (Å²) in [6.45, 7) is 3.33. The third-order valence-electron chi connectivity index (χ3n) is 2.26. The molecule has 0 atom stereocenters. The van der Waals surface area contributed by atoms with Crippen LogP contribution in [0, 0.1) is 0 Å². The summed E-state index contributed by atoms with van der Waals surface area (Å²) in [5.41, 5.74) is 0. The number of nitrogens with zero attached hydrogens (tertiary/aromatic N) is 2. The fourth-order valence-corrected chi connectivity index (χ4v) is 2.18. The molecule has 0 aromatic carbocycles. The third kappa shape index (κ3) is 6.58. The molecule has 0 fully saturated rings. The Morgan fingerprint density at radius 2 is 2.05 bits per heavy atom. The van der Waals surface area contributed by atoms with E-state index in [1.165, 1.54) is 12.5 Å². The minimum Gasteiger partial charge on any atom is -0.369 e. The van der Waals surface area contributed by atoms with Crippen molar-refractivity contribution in [1.29, 1.82) is 0 Å². The first-order valence-corrected chi connectivity index (χ1v) is 8.54. The fourth-order valence-electron chi connectivity index (χ4n) is 1.35. The highest BCUT2D eigenvalue weighted by Crippen LogP contribution is 2.19. The molecule has 0 aliphatic rings. The molecule has 0 aliphatic heterocycles. The third-order valence-corrected chi connectivity index (χ3v) is 3.57. The van der Waals surface area contributed by atoms with Crippen molar-refractivity contribution in [2.45, 2.75) is 19.8 Å². The SMILES string of the molecule is CCCNc1ncc(Cl)c(NCCCS(C)(=O)=O)n1. The zero-order chi connectivity index (χ0) is 14.3. The van der Waals surface area contributed by atoms with Gasteiger partial charge in [-0.15, -0.1) is 0 Å². The highest BCUT2D eigenvalue weighted by Gasteiger charge is 2.06. The lowest BCUT2D eigenvalue weighted by atomic mass is 10.4. The van der Waals surface area contributed by atoms with E-state index in [1.54, 1.807) is 0 Å². The van der Waals surface area contributed by atoms with Crippen LogP contribution in [0.1, 0.15) is 19.8 Å². The van der Waals surface area contributed by atoms with Gasteiger partial charge in [0.2, 0.25) is 5.95 Å². The Bertz CT molecular complexity index is 507. The Labute approximate surface area is 118 Å². The monoisotopic (exact) mass is 306 g/mol. The predicted octanol–water partition coefficient (Wildman–Crippen LogP) is 1.80. The minimum absolute atomic E-state index is 0.143. The fraction of sp³-hybridized carbons (Fsp3) is 0.636. The maximum absolute atomic E-state index is 11.0. The molecule has 0 bridgehead atoms. The lowest BCUT2D eigenvalue weighted by Gasteiger charge is -2.09. The number of hydrogen-bond acceptors (Lipinski definition) is 6. The number of halogens is 1. The number of aromatic nitrogens is 2. The van der Waals surface area contributed by atoms with Crippen LogP contribution < -0.4 is 10.6 Å². The average Bonchev–Trinajstić information content (AvgIpc) is 2.33. The molecule has 0 saturated heterocycles. The van der Waals surface area contributed by atoms with Crippen LogP contribution in [-0.4, -0.2) is 43.5 Å². The van der Waals surface area contributed by atoms with Crippen molar-refractivity contribution >= 4 is 33.2 Å². The van der Waals surface area contributed by atoms with E-state index in [2.05, 4.69) is 20.6 Å². The average molecular weight is 307 g/mol. The van der Waals surface area contributed by atoms with Gasteiger partial charge in [0.1, 0.15) is 20.7 Å². The van der Waals surface area contributed by atoms with Gasteiger partial charge in [0, 0.05) is 19.3 Å². The second kappa shape index (κ2) is 7.49. The van der Waals surface area contributed by atoms with E-state index in [-0.39, 0.29) is 5.75 Å². The molecule has 8 heteroatoms. The van der Waals surface area contributed by atoms with Gasteiger partial charge >= 0.3 is 0 Å². The Balaban J connectivity index is 2.52. The lowest BCUT2D eigenvalue weighted by molar-refractivity contribution is 0.600. The highest BCUT2D eigenvalue weighted by molar-refractivity contribution is 7.90. The molecule has 0 spiro atoms. The Kier molecular flexibility index (Phi) is 6.30. The van der Waals surface area contributed by atoms with Gasteiger partial charge < -0.3 is 10.6 Å². The molecular weight excluding hydrogens is 288 g/mol. The molecule has 0 aliphatic carbocycles. The highest BCUT2D eigenvalue weighted by atomic mass is 35.5. The summed E-state index contributed by atoms with van der Waals surface area (Å²) in [5.74, 6) is 1.17. The van der Waals surface area contributed by atoms with Gasteiger partial charge in [-0.3, -0.25) is 0 Å². The van der Waals surface area contributed by atoms with Crippen LogP contribution in [-0.2, 0) is 9.84 Å². The second-order valence-electron chi connectivity index (χ2n) is 4.23. The van der Waals surface area contributed by atoms with Crippen molar-refractivity contribution in [3.63, 3.8) is 0 Å². The normalized spacial score (nSPS) is 11.3. The summed E-state index contributed by atoms with van der Waals surface area (Å²) >= 11 is 5.97. The summed E-state index contributed by atoms with van der Waals surface area (Å²) in [4.78, 5) is 8.28. The number of sulfone groups is 1. The lowest BCUT2D eigenvalue weighted by Crippen LogP contribution is -2.12. The van der Waals surface area contributed by atoms with E-state index in [9.17, 15) is 8.42 Å². The molecule has 1 rings (SSSR count). The van der Waals surface area contributed by atoms with Crippen LogP contribution in [0.2, 0.25) is 5.02 Å². The molecule has 1 aromatic rings. The van der Waals surface area contributed by atoms with Crippen molar-refractivity contribution in [1.82, 2.24) is 9.97 Å². The summed E-state index contributed by atoms with van der Waals surface area (Å²) in [7, 11) is -2.93. The number of anilines is 2. The number of rotatable bonds is 8. The molecule has 19 heavy (non-hydrogen) atoms. The van der Waals surface area contributed by atoms with Crippen LogP contribution in [0.3, 0.4) is 0 Å². The zero-order valence-corrected chi connectivity index (χ0v) is 12.7. The van der Waals surface area contributed by atoms with E-state index in [0.29, 0.717) is 29.8 Å². The van der Waals surface area contributed by atoms with Gasteiger partial charge in [-0.1, -0.05) is 18.5 Å². The molecule has 1 heterocycles. The van der Waals surface area contributed by atoms with Crippen molar-refractivity contribution in [2.24, 2.45) is 0 Å². The Morgan fingerprint density at radius 3 is 2.68 bits per heavy atom. The standard InChI is InChI=1S/C11H19ClN4O2S/c1-3-5-14-11-15-8-9(12)10(16-11)13-6-4-7-19(2,17)18/h8H,3-7H2,1-2H3,(H2,13,14,15,16). The van der Waals surface area contributed by atoms with E-state index in [1.807, 2.05) is 6.92 Å². The first-order chi connectivity index (χ1) is 8.92. The van der Waals surface area contributed by atoms with E-state index < -0.39 is 9.84 Å². The molecule has 0 unspecified atom stereocenters. The molecule has 1 aromatic heterocycles. The largest absolute Gasteiger partial charge is 0.369 e. The summed E-state index contributed by atoms with van der Waals surface area (Å²) in [6, 6.07) is 0. The van der Waals surface area contributed by atoms with Crippen molar-refractivity contribution in [2.75, 3.05) is 35.7 Å². The van der Waals surface area contributed by atoms with Crippen LogP contribution in [0.4, 0.5) is 11.8 Å². The van der Waals surface area contributed by atoms with E-state index in [4.69, 9.17) is 11.6 Å². The molecule has 2 N–H and O–H groups in total. The smallest absolute Gasteiger partial charge is 0.224 e. The van der Waals surface area contributed by atoms with Gasteiger partial charge in [-0.05, 0) is 12.8 Å². The van der Waals surface area contributed by atoms with Gasteiger partial charge in [-0.25, -0.2) is 13.4 Å². The Hall–Kier alpha value is -1.08. The summed E-state index contributed by atoms with van der Waals surface area (Å²) in [6.07, 6.45) is 4.23. The number of hydrogen-bond donors (Lipinski definition) is 2. The second-order valence-corrected chi connectivity index (χ2v) is 6.89. The van der Waals surface area contributed by atoms with Crippen LogP contribution in [0.25, 0.3) is 0 Å². The molecular formula is C11H19ClN4O2S. The van der Waals surface area contributed by atoms with Crippen molar-refractivity contribution in [3.8, 4) is 0 Å². The van der Waals surface area contributed by atoms with Crippen molar-refractivity contribution in [3.05, 3.63) is 11.2 Å². The number of nitrogens with one attached hydrogen (secondary N) is 2. The molecule has 0 saturated carbocycles. The maximum Gasteiger partial charge on any atom is 0.224 e. The quantitative estimate of drug-likeness (QED) is 0.713. The minimum atomic E-state index is -2.93. The van der Waals surface area contributed by atoms with Gasteiger partial charge in [0.15, 0.2) is 0 Å². The molecule has 0 radical (unpaired) electrons. The predicted molar refractivity (Wildman–Crippen MR) is 78.6 cm³/mol. The van der Waals surface area contributed by atoms with Crippen LogP contribution in [0.15, 0.2) is 6.20 Å². The molecule has 0 amide bonds. The van der Waals surface area contributed by atoms with Gasteiger partial charge in [0.05, 0.1) is 11.9 Å². The first kappa shape index (κ1) is 16.0. The summed E-state index contributed by atoms with van der Waals surface area (Å²) in [5, 5.41) is 6.49.